The van der Waals surface area contributed by atoms with Crippen LogP contribution in [0.2, 0.25) is 0 Å². The molecule has 0 spiro atoms. The third-order valence-electron chi connectivity index (χ3n) is 4.92. The van der Waals surface area contributed by atoms with Crippen molar-refractivity contribution in [2.24, 2.45) is 0 Å². The first-order valence-electron chi connectivity index (χ1n) is 9.49. The van der Waals surface area contributed by atoms with E-state index in [1.165, 1.54) is 0 Å². The van der Waals surface area contributed by atoms with E-state index in [0.717, 1.165) is 0 Å². The van der Waals surface area contributed by atoms with Crippen LogP contribution in [-0.2, 0) is 33.8 Å². The van der Waals surface area contributed by atoms with Crippen molar-refractivity contribution < 1.29 is 58.1 Å². The predicted octanol–water partition coefficient (Wildman–Crippen LogP) is 1.10. The maximum Gasteiger partial charge on any atom is 0.430 e. The minimum absolute atomic E-state index is 0.0180. The average molecular weight is 535 g/mol. The first-order chi connectivity index (χ1) is 15.7. The molecule has 3 rings (SSSR count). The third-order valence-corrected chi connectivity index (χ3v) is 4.92. The zero-order chi connectivity index (χ0) is 26.8. The van der Waals surface area contributed by atoms with Crippen molar-refractivity contribution in [2.75, 3.05) is 13.2 Å². The van der Waals surface area contributed by atoms with E-state index < -0.39 is 90.4 Å². The molecular weight excluding hydrogens is 520 g/mol. The van der Waals surface area contributed by atoms with Crippen LogP contribution in [0.1, 0.15) is 6.92 Å². The van der Waals surface area contributed by atoms with Crippen LogP contribution in [0, 0.1) is 0 Å². The number of alkyl halides is 10. The Morgan fingerprint density at radius 2 is 1.11 bits per heavy atom. The molecule has 0 saturated carbocycles. The third kappa shape index (κ3) is 5.11. The van der Waals surface area contributed by atoms with Gasteiger partial charge in [0.05, 0.1) is 38.5 Å². The Morgan fingerprint density at radius 1 is 0.743 bits per heavy atom. The second-order valence-corrected chi connectivity index (χ2v) is 7.87. The van der Waals surface area contributed by atoms with Gasteiger partial charge >= 0.3 is 47.1 Å². The maximum absolute atomic E-state index is 14.3. The number of hydrogen-bond acceptors (Lipinski definition) is 6. The van der Waals surface area contributed by atoms with Crippen molar-refractivity contribution >= 4 is 0 Å². The molecule has 0 amide bonds. The van der Waals surface area contributed by atoms with Crippen LogP contribution in [0.4, 0.5) is 43.9 Å². The molecule has 2 aliphatic heterocycles. The Morgan fingerprint density at radius 3 is 1.46 bits per heavy atom. The highest BCUT2D eigenvalue weighted by atomic mass is 19.4. The molecule has 1 aromatic heterocycles. The molecule has 35 heavy (non-hydrogen) atoms. The molecule has 0 bridgehead atoms. The number of aromatic nitrogens is 3. The van der Waals surface area contributed by atoms with Crippen LogP contribution >= 0.6 is 0 Å². The molecule has 2 atom stereocenters. The predicted molar refractivity (Wildman–Crippen MR) is 90.2 cm³/mol. The molecule has 19 heteroatoms. The van der Waals surface area contributed by atoms with E-state index in [0.29, 0.717) is 0 Å². The summed E-state index contributed by atoms with van der Waals surface area (Å²) >= 11 is 0. The lowest BCUT2D eigenvalue weighted by Gasteiger charge is -2.34. The van der Waals surface area contributed by atoms with E-state index >= 15 is 0 Å². The first-order valence-corrected chi connectivity index (χ1v) is 9.49. The summed E-state index contributed by atoms with van der Waals surface area (Å²) in [6.07, 6.45) is -15.0. The number of halogens is 10. The molecule has 0 aliphatic carbocycles. The lowest BCUT2D eigenvalue weighted by atomic mass is 10.2. The van der Waals surface area contributed by atoms with Gasteiger partial charge in [0, 0.05) is 6.92 Å². The maximum atomic E-state index is 14.3. The van der Waals surface area contributed by atoms with Crippen LogP contribution in [-0.4, -0.2) is 69.1 Å². The van der Waals surface area contributed by atoms with Gasteiger partial charge in [-0.15, -0.1) is 0 Å². The zero-order valence-electron chi connectivity index (χ0n) is 17.3. The summed E-state index contributed by atoms with van der Waals surface area (Å²) in [5, 5.41) is 0. The Kier molecular flexibility index (Phi) is 6.47. The fourth-order valence-corrected chi connectivity index (χ4v) is 2.73. The number of rotatable bonds is 11. The summed E-state index contributed by atoms with van der Waals surface area (Å²) in [5.74, 6) is -18.4. The minimum Gasteiger partial charge on any atom is -0.371 e. The fraction of sp³-hybridized carbons (Fsp3) is 0.812. The van der Waals surface area contributed by atoms with Crippen molar-refractivity contribution in [3.63, 3.8) is 0 Å². The van der Waals surface area contributed by atoms with E-state index in [2.05, 4.69) is 4.74 Å². The van der Waals surface area contributed by atoms with Gasteiger partial charge < -0.3 is 9.47 Å². The zero-order valence-corrected chi connectivity index (χ0v) is 17.3. The highest BCUT2D eigenvalue weighted by Gasteiger charge is 2.75. The summed E-state index contributed by atoms with van der Waals surface area (Å²) in [6.45, 7) is -4.71. The molecular formula is C16H15F10N3O6. The molecule has 200 valence electrons. The topological polar surface area (TPSA) is 100 Å². The monoisotopic (exact) mass is 535 g/mol. The van der Waals surface area contributed by atoms with Gasteiger partial charge in [0.15, 0.2) is 0 Å². The lowest BCUT2D eigenvalue weighted by molar-refractivity contribution is -0.485. The van der Waals surface area contributed by atoms with E-state index in [4.69, 9.17) is 9.47 Å². The Labute approximate surface area is 186 Å². The standard InChI is InChI=1S/C16H15F10N3O6/c1-12(17,18)14(21,22)16(25,26)35-15(23,24)13(19,20)6-29-10(31)27(2-7-4-33-7)9(30)28(11(29)32)3-8-5-34-8/h7-8H,2-6H2,1H3. The molecule has 1 aromatic rings. The molecule has 0 radical (unpaired) electrons. The van der Waals surface area contributed by atoms with Gasteiger partial charge in [-0.2, -0.15) is 43.9 Å². The highest BCUT2D eigenvalue weighted by Crippen LogP contribution is 2.50. The summed E-state index contributed by atoms with van der Waals surface area (Å²) in [7, 11) is 0. The van der Waals surface area contributed by atoms with Crippen LogP contribution in [0.25, 0.3) is 0 Å². The van der Waals surface area contributed by atoms with Crippen molar-refractivity contribution in [1.29, 1.82) is 0 Å². The van der Waals surface area contributed by atoms with Gasteiger partial charge in [-0.25, -0.2) is 32.8 Å². The molecule has 2 unspecified atom stereocenters. The van der Waals surface area contributed by atoms with Crippen molar-refractivity contribution in [1.82, 2.24) is 13.7 Å². The minimum atomic E-state index is -6.82. The van der Waals surface area contributed by atoms with Gasteiger partial charge in [-0.1, -0.05) is 0 Å². The molecule has 3 heterocycles. The summed E-state index contributed by atoms with van der Waals surface area (Å²) in [4.78, 5) is 37.3. The van der Waals surface area contributed by atoms with Crippen molar-refractivity contribution in [3.05, 3.63) is 31.5 Å². The molecule has 9 nitrogen and oxygen atoms in total. The quantitative estimate of drug-likeness (QED) is 0.311. The molecule has 2 fully saturated rings. The van der Waals surface area contributed by atoms with Crippen molar-refractivity contribution in [3.8, 4) is 0 Å². The molecule has 0 N–H and O–H groups in total. The Bertz CT molecular complexity index is 1090. The van der Waals surface area contributed by atoms with Crippen LogP contribution in [0.15, 0.2) is 14.4 Å². The van der Waals surface area contributed by atoms with Gasteiger partial charge in [-0.05, 0) is 0 Å². The SMILES string of the molecule is CC(F)(F)C(F)(F)C(F)(F)OC(F)(F)C(F)(F)Cn1c(=O)n(CC2CO2)c(=O)n(CC2CO2)c1=O. The van der Waals surface area contributed by atoms with E-state index in [1.54, 1.807) is 0 Å². The Hall–Kier alpha value is -2.41. The fourth-order valence-electron chi connectivity index (χ4n) is 2.73. The summed E-state index contributed by atoms with van der Waals surface area (Å²) in [6, 6.07) is 0. The van der Waals surface area contributed by atoms with E-state index in [-0.39, 0.29) is 22.3 Å². The van der Waals surface area contributed by atoms with Gasteiger partial charge in [0.25, 0.3) is 0 Å². The van der Waals surface area contributed by atoms with Crippen LogP contribution in [0.3, 0.4) is 0 Å². The van der Waals surface area contributed by atoms with Crippen LogP contribution < -0.4 is 17.1 Å². The van der Waals surface area contributed by atoms with Crippen LogP contribution in [0.5, 0.6) is 0 Å². The second-order valence-electron chi connectivity index (χ2n) is 7.87. The Balaban J connectivity index is 2.00. The number of hydrogen-bond donors (Lipinski definition) is 0. The normalized spacial score (nSPS) is 21.3. The summed E-state index contributed by atoms with van der Waals surface area (Å²) in [5.41, 5.74) is -5.10. The lowest BCUT2D eigenvalue weighted by Crippen LogP contribution is -2.61. The van der Waals surface area contributed by atoms with Gasteiger partial charge in [-0.3, -0.25) is 0 Å². The molecule has 0 aromatic carbocycles. The highest BCUT2D eigenvalue weighted by molar-refractivity contribution is 4.92. The van der Waals surface area contributed by atoms with E-state index in [1.807, 2.05) is 0 Å². The average Bonchev–Trinajstić information content (AvgIpc) is 3.59. The van der Waals surface area contributed by atoms with Gasteiger partial charge in [0.1, 0.15) is 6.54 Å². The first kappa shape index (κ1) is 27.2. The summed E-state index contributed by atoms with van der Waals surface area (Å²) < 4.78 is 147. The molecule has 2 aliphatic rings. The van der Waals surface area contributed by atoms with Gasteiger partial charge in [0.2, 0.25) is 0 Å². The molecule has 2 saturated heterocycles. The smallest absolute Gasteiger partial charge is 0.371 e. The number of nitrogens with zero attached hydrogens (tertiary/aromatic N) is 3. The van der Waals surface area contributed by atoms with E-state index in [9.17, 15) is 58.3 Å². The van der Waals surface area contributed by atoms with Crippen molar-refractivity contribution in [2.45, 2.75) is 68.8 Å². The largest absolute Gasteiger partial charge is 0.430 e. The second kappa shape index (κ2) is 8.32. The number of ether oxygens (including phenoxy) is 3. The number of epoxide rings is 2.